The minimum atomic E-state index is -0.913. The van der Waals surface area contributed by atoms with Crippen molar-refractivity contribution in [2.24, 2.45) is 0 Å². The fourth-order valence-electron chi connectivity index (χ4n) is 3.16. The van der Waals surface area contributed by atoms with E-state index in [1.807, 2.05) is 4.90 Å². The van der Waals surface area contributed by atoms with Crippen molar-refractivity contribution in [3.8, 4) is 0 Å². The van der Waals surface area contributed by atoms with Crippen molar-refractivity contribution in [2.75, 3.05) is 20.1 Å². The second-order valence-electron chi connectivity index (χ2n) is 6.36. The van der Waals surface area contributed by atoms with Gasteiger partial charge in [0.1, 0.15) is 18.3 Å². The topological polar surface area (TPSA) is 49.3 Å². The van der Waals surface area contributed by atoms with Gasteiger partial charge in [0.2, 0.25) is 0 Å². The van der Waals surface area contributed by atoms with Crippen molar-refractivity contribution < 1.29 is 13.6 Å². The molecule has 5 nitrogen and oxygen atoms in total. The van der Waals surface area contributed by atoms with E-state index in [4.69, 9.17) is 0 Å². The molecular formula is C18H20F2N4O. The molecule has 1 saturated heterocycles. The molecule has 1 aromatic heterocycles. The maximum atomic E-state index is 13.9. The van der Waals surface area contributed by atoms with Crippen LogP contribution >= 0.6 is 0 Å². The maximum absolute atomic E-state index is 13.9. The second-order valence-corrected chi connectivity index (χ2v) is 6.36. The Kier molecular flexibility index (Phi) is 5.33. The van der Waals surface area contributed by atoms with Gasteiger partial charge in [0, 0.05) is 56.2 Å². The van der Waals surface area contributed by atoms with Crippen LogP contribution in [0.25, 0.3) is 0 Å². The van der Waals surface area contributed by atoms with E-state index in [9.17, 15) is 13.6 Å². The van der Waals surface area contributed by atoms with Gasteiger partial charge in [-0.3, -0.25) is 9.69 Å². The van der Waals surface area contributed by atoms with E-state index < -0.39 is 6.17 Å². The molecule has 2 aromatic rings. The Morgan fingerprint density at radius 1 is 1.28 bits per heavy atom. The summed E-state index contributed by atoms with van der Waals surface area (Å²) in [6.07, 6.45) is 4.35. The summed E-state index contributed by atoms with van der Waals surface area (Å²) in [7, 11) is 1.68. The molecule has 1 amide bonds. The van der Waals surface area contributed by atoms with Crippen LogP contribution in [0.2, 0.25) is 0 Å². The van der Waals surface area contributed by atoms with Crippen LogP contribution in [0.5, 0.6) is 0 Å². The fourth-order valence-corrected chi connectivity index (χ4v) is 3.16. The Morgan fingerprint density at radius 3 is 2.64 bits per heavy atom. The molecule has 1 aliphatic rings. The molecule has 0 radical (unpaired) electrons. The number of aromatic nitrogens is 2. The fraction of sp³-hybridized carbons (Fsp3) is 0.389. The van der Waals surface area contributed by atoms with Gasteiger partial charge in [-0.05, 0) is 30.7 Å². The second kappa shape index (κ2) is 7.65. The number of benzene rings is 1. The minimum absolute atomic E-state index is 0.0791. The Hall–Kier alpha value is -2.41. The van der Waals surface area contributed by atoms with Gasteiger partial charge in [0.05, 0.1) is 0 Å². The van der Waals surface area contributed by atoms with E-state index in [-0.39, 0.29) is 17.8 Å². The highest BCUT2D eigenvalue weighted by atomic mass is 19.1. The van der Waals surface area contributed by atoms with Gasteiger partial charge in [-0.1, -0.05) is 0 Å². The SMILES string of the molecule is CN(C[C@@H]1C[C@H](F)CN1Cc1cncnc1)C(=O)c1ccc(F)cc1. The van der Waals surface area contributed by atoms with Crippen molar-refractivity contribution in [1.82, 2.24) is 19.8 Å². The summed E-state index contributed by atoms with van der Waals surface area (Å²) in [4.78, 5) is 24.0. The number of rotatable bonds is 5. The van der Waals surface area contributed by atoms with E-state index >= 15 is 0 Å². The monoisotopic (exact) mass is 346 g/mol. The van der Waals surface area contributed by atoms with Crippen LogP contribution < -0.4 is 0 Å². The highest BCUT2D eigenvalue weighted by molar-refractivity contribution is 5.94. The summed E-state index contributed by atoms with van der Waals surface area (Å²) >= 11 is 0. The number of nitrogens with zero attached hydrogens (tertiary/aromatic N) is 4. The molecule has 132 valence electrons. The number of carbonyl (C=O) groups excluding carboxylic acids is 1. The zero-order chi connectivity index (χ0) is 17.8. The highest BCUT2D eigenvalue weighted by Gasteiger charge is 2.33. The summed E-state index contributed by atoms with van der Waals surface area (Å²) in [5.41, 5.74) is 1.33. The molecule has 0 unspecified atom stereocenters. The van der Waals surface area contributed by atoms with Crippen LogP contribution in [0.3, 0.4) is 0 Å². The lowest BCUT2D eigenvalue weighted by atomic mass is 10.1. The van der Waals surface area contributed by atoms with E-state index in [0.29, 0.717) is 31.6 Å². The first-order valence-corrected chi connectivity index (χ1v) is 8.16. The van der Waals surface area contributed by atoms with Gasteiger partial charge in [-0.25, -0.2) is 18.7 Å². The number of alkyl halides is 1. The molecule has 2 heterocycles. The molecule has 2 atom stereocenters. The number of halogens is 2. The zero-order valence-corrected chi connectivity index (χ0v) is 14.0. The molecule has 0 saturated carbocycles. The molecule has 1 aromatic carbocycles. The van der Waals surface area contributed by atoms with Crippen LogP contribution in [0.4, 0.5) is 8.78 Å². The van der Waals surface area contributed by atoms with Crippen LogP contribution in [-0.4, -0.2) is 58.0 Å². The first-order valence-electron chi connectivity index (χ1n) is 8.16. The Morgan fingerprint density at radius 2 is 1.96 bits per heavy atom. The van der Waals surface area contributed by atoms with Crippen LogP contribution in [-0.2, 0) is 6.54 Å². The van der Waals surface area contributed by atoms with Crippen molar-refractivity contribution in [3.63, 3.8) is 0 Å². The Bertz CT molecular complexity index is 711. The molecule has 0 aliphatic carbocycles. The standard InChI is InChI=1S/C18H20F2N4O/c1-23(18(25)14-2-4-15(19)5-3-14)11-17-6-16(20)10-24(17)9-13-7-21-12-22-8-13/h2-5,7-8,12,16-17H,6,9-11H2,1H3/t16-,17-/m0/s1. The van der Waals surface area contributed by atoms with Crippen molar-refractivity contribution in [1.29, 1.82) is 0 Å². The first-order chi connectivity index (χ1) is 12.0. The van der Waals surface area contributed by atoms with E-state index in [2.05, 4.69) is 9.97 Å². The number of likely N-dealkylation sites (N-methyl/N-ethyl adjacent to an activating group) is 1. The molecule has 25 heavy (non-hydrogen) atoms. The zero-order valence-electron chi connectivity index (χ0n) is 14.0. The average Bonchev–Trinajstić information content (AvgIpc) is 2.94. The van der Waals surface area contributed by atoms with Gasteiger partial charge in [-0.2, -0.15) is 0 Å². The van der Waals surface area contributed by atoms with E-state index in [1.54, 1.807) is 24.3 Å². The van der Waals surface area contributed by atoms with E-state index in [0.717, 1.165) is 5.56 Å². The lowest BCUT2D eigenvalue weighted by Crippen LogP contribution is -2.41. The molecule has 1 fully saturated rings. The van der Waals surface area contributed by atoms with Gasteiger partial charge in [-0.15, -0.1) is 0 Å². The molecule has 0 N–H and O–H groups in total. The lowest BCUT2D eigenvalue weighted by Gasteiger charge is -2.28. The quantitative estimate of drug-likeness (QED) is 0.834. The molecule has 3 rings (SSSR count). The third-order valence-electron chi connectivity index (χ3n) is 4.40. The normalized spacial score (nSPS) is 20.6. The molecule has 7 heteroatoms. The maximum Gasteiger partial charge on any atom is 0.253 e. The van der Waals surface area contributed by atoms with Crippen LogP contribution in [0.15, 0.2) is 43.0 Å². The van der Waals surface area contributed by atoms with Crippen molar-refractivity contribution in [2.45, 2.75) is 25.2 Å². The average molecular weight is 346 g/mol. The summed E-state index contributed by atoms with van der Waals surface area (Å²) in [5, 5.41) is 0. The molecular weight excluding hydrogens is 326 g/mol. The summed E-state index contributed by atoms with van der Waals surface area (Å²) in [6, 6.07) is 5.36. The predicted octanol–water partition coefficient (Wildman–Crippen LogP) is 2.30. The number of carbonyl (C=O) groups is 1. The van der Waals surface area contributed by atoms with Gasteiger partial charge in [0.25, 0.3) is 5.91 Å². The van der Waals surface area contributed by atoms with Gasteiger partial charge < -0.3 is 4.90 Å². The Balaban J connectivity index is 1.65. The van der Waals surface area contributed by atoms with Gasteiger partial charge in [0.15, 0.2) is 0 Å². The van der Waals surface area contributed by atoms with Crippen LogP contribution in [0, 0.1) is 5.82 Å². The van der Waals surface area contributed by atoms with Crippen molar-refractivity contribution >= 4 is 5.91 Å². The predicted molar refractivity (Wildman–Crippen MR) is 89.1 cm³/mol. The number of hydrogen-bond donors (Lipinski definition) is 0. The van der Waals surface area contributed by atoms with Crippen molar-refractivity contribution in [3.05, 3.63) is 59.9 Å². The number of likely N-dealkylation sites (tertiary alicyclic amines) is 1. The molecule has 0 spiro atoms. The van der Waals surface area contributed by atoms with Gasteiger partial charge >= 0.3 is 0 Å². The minimum Gasteiger partial charge on any atom is -0.340 e. The summed E-state index contributed by atoms with van der Waals surface area (Å²) in [6.45, 7) is 1.28. The number of amides is 1. The van der Waals surface area contributed by atoms with E-state index in [1.165, 1.54) is 30.6 Å². The summed E-state index contributed by atoms with van der Waals surface area (Å²) in [5.74, 6) is -0.586. The first kappa shape index (κ1) is 17.4. The number of hydrogen-bond acceptors (Lipinski definition) is 4. The third kappa shape index (κ3) is 4.36. The smallest absolute Gasteiger partial charge is 0.253 e. The third-order valence-corrected chi connectivity index (χ3v) is 4.40. The molecule has 1 aliphatic heterocycles. The highest BCUT2D eigenvalue weighted by Crippen LogP contribution is 2.23. The Labute approximate surface area is 145 Å². The summed E-state index contributed by atoms with van der Waals surface area (Å²) < 4.78 is 26.9. The van der Waals surface area contributed by atoms with Crippen LogP contribution in [0.1, 0.15) is 22.3 Å². The largest absolute Gasteiger partial charge is 0.340 e. The lowest BCUT2D eigenvalue weighted by molar-refractivity contribution is 0.0749. The molecule has 0 bridgehead atoms.